The minimum Gasteiger partial charge on any atom is -0.324 e. The molecule has 0 bridgehead atoms. The molecule has 2 aromatic carbocycles. The summed E-state index contributed by atoms with van der Waals surface area (Å²) in [5.74, 6) is -0.921. The zero-order valence-electron chi connectivity index (χ0n) is 13.8. The van der Waals surface area contributed by atoms with Crippen molar-refractivity contribution in [3.05, 3.63) is 63.0 Å². The van der Waals surface area contributed by atoms with Crippen molar-refractivity contribution >= 4 is 55.4 Å². The van der Waals surface area contributed by atoms with Gasteiger partial charge in [-0.15, -0.1) is 0 Å². The summed E-state index contributed by atoms with van der Waals surface area (Å²) < 4.78 is 1.61. The van der Waals surface area contributed by atoms with Gasteiger partial charge in [-0.2, -0.15) is 0 Å². The first kappa shape index (κ1) is 18.6. The SMILES string of the molecule is CC1(c2cccc(Br)c2)NC(=O)N(CC(=O)Nc2cccc(Br)c2)C1=O. The Morgan fingerprint density at radius 3 is 2.42 bits per heavy atom. The van der Waals surface area contributed by atoms with E-state index in [9.17, 15) is 14.4 Å². The molecule has 1 aliphatic rings. The maximum Gasteiger partial charge on any atom is 0.325 e. The highest BCUT2D eigenvalue weighted by atomic mass is 79.9. The van der Waals surface area contributed by atoms with Gasteiger partial charge in [0.25, 0.3) is 5.91 Å². The van der Waals surface area contributed by atoms with Crippen molar-refractivity contribution in [3.8, 4) is 0 Å². The predicted molar refractivity (Wildman–Crippen MR) is 105 cm³/mol. The van der Waals surface area contributed by atoms with Gasteiger partial charge >= 0.3 is 6.03 Å². The Morgan fingerprint density at radius 2 is 1.77 bits per heavy atom. The molecule has 2 N–H and O–H groups in total. The number of carbonyl (C=O) groups excluding carboxylic acids is 3. The Morgan fingerprint density at radius 1 is 1.12 bits per heavy atom. The monoisotopic (exact) mass is 479 g/mol. The molecule has 3 rings (SSSR count). The number of halogens is 2. The van der Waals surface area contributed by atoms with E-state index < -0.39 is 23.4 Å². The van der Waals surface area contributed by atoms with Crippen LogP contribution in [0.5, 0.6) is 0 Å². The minimum absolute atomic E-state index is 0.360. The highest BCUT2D eigenvalue weighted by molar-refractivity contribution is 9.10. The van der Waals surface area contributed by atoms with Crippen LogP contribution >= 0.6 is 31.9 Å². The lowest BCUT2D eigenvalue weighted by Crippen LogP contribution is -2.42. The molecule has 26 heavy (non-hydrogen) atoms. The third-order valence-electron chi connectivity index (χ3n) is 4.09. The molecule has 0 aliphatic carbocycles. The molecule has 1 saturated heterocycles. The Hall–Kier alpha value is -2.19. The third-order valence-corrected chi connectivity index (χ3v) is 5.07. The lowest BCUT2D eigenvalue weighted by Gasteiger charge is -2.22. The quantitative estimate of drug-likeness (QED) is 0.656. The fraction of sp³-hybridized carbons (Fsp3) is 0.167. The van der Waals surface area contributed by atoms with Gasteiger partial charge in [0.2, 0.25) is 5.91 Å². The van der Waals surface area contributed by atoms with E-state index in [0.717, 1.165) is 13.8 Å². The summed E-state index contributed by atoms with van der Waals surface area (Å²) in [7, 11) is 0. The Kier molecular flexibility index (Phi) is 5.15. The van der Waals surface area contributed by atoms with E-state index >= 15 is 0 Å². The van der Waals surface area contributed by atoms with Crippen LogP contribution in [-0.2, 0) is 15.1 Å². The first-order valence-corrected chi connectivity index (χ1v) is 9.34. The molecular weight excluding hydrogens is 466 g/mol. The number of benzene rings is 2. The van der Waals surface area contributed by atoms with Gasteiger partial charge in [-0.3, -0.25) is 14.5 Å². The van der Waals surface area contributed by atoms with Crippen LogP contribution in [0.3, 0.4) is 0 Å². The molecule has 8 heteroatoms. The van der Waals surface area contributed by atoms with Crippen molar-refractivity contribution in [2.75, 3.05) is 11.9 Å². The number of nitrogens with one attached hydrogen (secondary N) is 2. The number of nitrogens with zero attached hydrogens (tertiary/aromatic N) is 1. The highest BCUT2D eigenvalue weighted by Gasteiger charge is 2.49. The molecule has 0 saturated carbocycles. The molecular formula is C18H15Br2N3O3. The third kappa shape index (κ3) is 3.66. The summed E-state index contributed by atoms with van der Waals surface area (Å²) in [5.41, 5.74) is 0.00278. The summed E-state index contributed by atoms with van der Waals surface area (Å²) in [4.78, 5) is 38.3. The second kappa shape index (κ2) is 7.20. The first-order chi connectivity index (χ1) is 12.3. The Labute approximate surface area is 167 Å². The molecule has 1 aliphatic heterocycles. The van der Waals surface area contributed by atoms with Crippen molar-refractivity contribution in [1.29, 1.82) is 0 Å². The molecule has 1 fully saturated rings. The molecule has 1 unspecified atom stereocenters. The van der Waals surface area contributed by atoms with Gasteiger partial charge in [-0.1, -0.05) is 50.1 Å². The van der Waals surface area contributed by atoms with Crippen molar-refractivity contribution in [3.63, 3.8) is 0 Å². The largest absolute Gasteiger partial charge is 0.325 e. The molecule has 134 valence electrons. The maximum absolute atomic E-state index is 12.8. The van der Waals surface area contributed by atoms with Gasteiger partial charge in [-0.05, 0) is 42.8 Å². The average molecular weight is 481 g/mol. The Balaban J connectivity index is 1.76. The van der Waals surface area contributed by atoms with Gasteiger partial charge in [0, 0.05) is 14.6 Å². The van der Waals surface area contributed by atoms with E-state index in [-0.39, 0.29) is 6.54 Å². The van der Waals surface area contributed by atoms with Gasteiger partial charge in [-0.25, -0.2) is 4.79 Å². The number of amides is 4. The number of imide groups is 1. The molecule has 0 radical (unpaired) electrons. The topological polar surface area (TPSA) is 78.5 Å². The second-order valence-electron chi connectivity index (χ2n) is 6.02. The van der Waals surface area contributed by atoms with E-state index in [2.05, 4.69) is 42.5 Å². The second-order valence-corrected chi connectivity index (χ2v) is 7.85. The summed E-state index contributed by atoms with van der Waals surface area (Å²) in [6, 6.07) is 13.6. The van der Waals surface area contributed by atoms with Crippen LogP contribution < -0.4 is 10.6 Å². The van der Waals surface area contributed by atoms with Crippen LogP contribution in [0.4, 0.5) is 10.5 Å². The van der Waals surface area contributed by atoms with E-state index in [0.29, 0.717) is 11.3 Å². The van der Waals surface area contributed by atoms with Crippen molar-refractivity contribution in [2.24, 2.45) is 0 Å². The minimum atomic E-state index is -1.21. The average Bonchev–Trinajstić information content (AvgIpc) is 2.79. The summed E-state index contributed by atoms with van der Waals surface area (Å²) in [6.07, 6.45) is 0. The number of carbonyl (C=O) groups is 3. The van der Waals surface area contributed by atoms with Crippen LogP contribution in [0.1, 0.15) is 12.5 Å². The Bertz CT molecular complexity index is 903. The normalized spacial score (nSPS) is 19.4. The van der Waals surface area contributed by atoms with Gasteiger partial charge in [0.1, 0.15) is 12.1 Å². The standard InChI is InChI=1S/C18H15Br2N3O3/c1-18(11-4-2-5-12(19)8-11)16(25)23(17(26)22-18)10-15(24)21-14-7-3-6-13(20)9-14/h2-9H,10H2,1H3,(H,21,24)(H,22,26). The lowest BCUT2D eigenvalue weighted by molar-refractivity contribution is -0.133. The van der Waals surface area contributed by atoms with Crippen LogP contribution in [0.2, 0.25) is 0 Å². The fourth-order valence-electron chi connectivity index (χ4n) is 2.75. The van der Waals surface area contributed by atoms with E-state index in [1.165, 1.54) is 0 Å². The van der Waals surface area contributed by atoms with Crippen molar-refractivity contribution in [2.45, 2.75) is 12.5 Å². The number of rotatable bonds is 4. The van der Waals surface area contributed by atoms with E-state index in [1.54, 1.807) is 43.3 Å². The molecule has 1 heterocycles. The summed E-state index contributed by atoms with van der Waals surface area (Å²) in [5, 5.41) is 5.36. The molecule has 6 nitrogen and oxygen atoms in total. The molecule has 0 aromatic heterocycles. The van der Waals surface area contributed by atoms with Gasteiger partial charge < -0.3 is 10.6 Å². The molecule has 2 aromatic rings. The van der Waals surface area contributed by atoms with Crippen LogP contribution in [-0.4, -0.2) is 29.3 Å². The zero-order valence-corrected chi connectivity index (χ0v) is 16.9. The number of urea groups is 1. The molecule has 1 atom stereocenters. The first-order valence-electron chi connectivity index (χ1n) is 7.75. The molecule has 0 spiro atoms. The highest BCUT2D eigenvalue weighted by Crippen LogP contribution is 2.30. The number of hydrogen-bond donors (Lipinski definition) is 2. The number of anilines is 1. The lowest BCUT2D eigenvalue weighted by atomic mass is 9.92. The number of hydrogen-bond acceptors (Lipinski definition) is 3. The van der Waals surface area contributed by atoms with Gasteiger partial charge in [0.05, 0.1) is 0 Å². The van der Waals surface area contributed by atoms with Crippen molar-refractivity contribution in [1.82, 2.24) is 10.2 Å². The van der Waals surface area contributed by atoms with Crippen LogP contribution in [0.25, 0.3) is 0 Å². The van der Waals surface area contributed by atoms with E-state index in [4.69, 9.17) is 0 Å². The van der Waals surface area contributed by atoms with Gasteiger partial charge in [0.15, 0.2) is 0 Å². The summed E-state index contributed by atoms with van der Waals surface area (Å²) >= 11 is 6.68. The fourth-order valence-corrected chi connectivity index (χ4v) is 3.54. The van der Waals surface area contributed by atoms with Crippen LogP contribution in [0, 0.1) is 0 Å². The zero-order chi connectivity index (χ0) is 18.9. The predicted octanol–water partition coefficient (Wildman–Crippen LogP) is 3.62. The van der Waals surface area contributed by atoms with Crippen LogP contribution in [0.15, 0.2) is 57.5 Å². The molecule has 4 amide bonds. The summed E-state index contributed by atoms with van der Waals surface area (Å²) in [6.45, 7) is 1.27. The van der Waals surface area contributed by atoms with Crippen molar-refractivity contribution < 1.29 is 14.4 Å². The van der Waals surface area contributed by atoms with E-state index in [1.807, 2.05) is 12.1 Å². The maximum atomic E-state index is 12.8. The smallest absolute Gasteiger partial charge is 0.324 e.